The van der Waals surface area contributed by atoms with Crippen LogP contribution in [-0.2, 0) is 0 Å². The van der Waals surface area contributed by atoms with Gasteiger partial charge in [-0.15, -0.1) is 0 Å². The standard InChI is InChI=1S/C50H34N2/c1-3-14-36(15-4-1)47-34-38(43-24-13-18-35-16-7-9-21-42(35)43)27-33-49(47)51(39-19-5-2-6-20-39)40-28-30-41(31-29-40)52-48-25-12-11-23-45(48)46-32-26-37-17-8-10-22-44(37)50(46)52/h1-34H. The van der Waals surface area contributed by atoms with Gasteiger partial charge in [0.1, 0.15) is 0 Å². The van der Waals surface area contributed by atoms with Gasteiger partial charge in [0.15, 0.2) is 0 Å². The van der Waals surface area contributed by atoms with Crippen molar-refractivity contribution in [3.8, 4) is 27.9 Å². The van der Waals surface area contributed by atoms with E-state index in [0.717, 1.165) is 22.7 Å². The SMILES string of the molecule is c1ccc(-c2cc(-c3cccc4ccccc34)ccc2N(c2ccccc2)c2ccc(-n3c4ccccc4c4ccc5ccccc5c43)cc2)cc1. The normalized spacial score (nSPS) is 11.5. The first-order valence-electron chi connectivity index (χ1n) is 17.9. The molecule has 0 bridgehead atoms. The van der Waals surface area contributed by atoms with Crippen LogP contribution >= 0.6 is 0 Å². The Hall–Kier alpha value is -6.90. The number of hydrogen-bond acceptors (Lipinski definition) is 1. The van der Waals surface area contributed by atoms with Gasteiger partial charge in [0.05, 0.1) is 16.7 Å². The minimum Gasteiger partial charge on any atom is -0.310 e. The predicted molar refractivity (Wildman–Crippen MR) is 221 cm³/mol. The molecule has 0 aliphatic carbocycles. The summed E-state index contributed by atoms with van der Waals surface area (Å²) in [6, 6.07) is 74.7. The Balaban J connectivity index is 1.17. The van der Waals surface area contributed by atoms with Crippen molar-refractivity contribution in [2.24, 2.45) is 0 Å². The summed E-state index contributed by atoms with van der Waals surface area (Å²) in [5.41, 5.74) is 11.7. The number of rotatable bonds is 6. The van der Waals surface area contributed by atoms with E-state index in [2.05, 4.69) is 216 Å². The number of anilines is 3. The third-order valence-electron chi connectivity index (χ3n) is 10.4. The molecule has 9 aromatic carbocycles. The molecular formula is C50H34N2. The van der Waals surface area contributed by atoms with Crippen molar-refractivity contribution < 1.29 is 0 Å². The topological polar surface area (TPSA) is 8.17 Å². The fraction of sp³-hybridized carbons (Fsp3) is 0. The van der Waals surface area contributed by atoms with Crippen LogP contribution in [0, 0.1) is 0 Å². The molecule has 0 saturated heterocycles. The molecular weight excluding hydrogens is 629 g/mol. The lowest BCUT2D eigenvalue weighted by Crippen LogP contribution is -2.11. The van der Waals surface area contributed by atoms with E-state index in [-0.39, 0.29) is 0 Å². The van der Waals surface area contributed by atoms with Crippen molar-refractivity contribution in [3.63, 3.8) is 0 Å². The Kier molecular flexibility index (Phi) is 7.18. The van der Waals surface area contributed by atoms with Crippen LogP contribution in [0.3, 0.4) is 0 Å². The summed E-state index contributed by atoms with van der Waals surface area (Å²) in [5, 5.41) is 7.52. The van der Waals surface area contributed by atoms with Gasteiger partial charge in [0, 0.05) is 38.8 Å². The molecule has 0 saturated carbocycles. The number of hydrogen-bond donors (Lipinski definition) is 0. The van der Waals surface area contributed by atoms with Crippen molar-refractivity contribution in [3.05, 3.63) is 206 Å². The quantitative estimate of drug-likeness (QED) is 0.172. The van der Waals surface area contributed by atoms with E-state index in [0.29, 0.717) is 0 Å². The molecule has 0 atom stereocenters. The first-order valence-corrected chi connectivity index (χ1v) is 17.9. The van der Waals surface area contributed by atoms with Gasteiger partial charge in [-0.05, 0) is 87.4 Å². The van der Waals surface area contributed by atoms with Gasteiger partial charge in [0.25, 0.3) is 0 Å². The summed E-state index contributed by atoms with van der Waals surface area (Å²) in [7, 11) is 0. The fourth-order valence-corrected chi connectivity index (χ4v) is 7.98. The summed E-state index contributed by atoms with van der Waals surface area (Å²) in [4.78, 5) is 2.39. The molecule has 10 aromatic rings. The van der Waals surface area contributed by atoms with Gasteiger partial charge in [-0.2, -0.15) is 0 Å². The first-order chi connectivity index (χ1) is 25.8. The number of nitrogens with zero attached hydrogens (tertiary/aromatic N) is 2. The number of fused-ring (bicyclic) bond motifs is 6. The number of para-hydroxylation sites is 2. The molecule has 10 rings (SSSR count). The van der Waals surface area contributed by atoms with Crippen LogP contribution in [0.4, 0.5) is 17.1 Å². The second-order valence-electron chi connectivity index (χ2n) is 13.3. The number of benzene rings is 9. The van der Waals surface area contributed by atoms with Crippen LogP contribution in [-0.4, -0.2) is 4.57 Å². The summed E-state index contributed by atoms with van der Waals surface area (Å²) in [6.45, 7) is 0. The molecule has 1 heterocycles. The highest BCUT2D eigenvalue weighted by Gasteiger charge is 2.20. The van der Waals surface area contributed by atoms with Gasteiger partial charge < -0.3 is 9.47 Å². The zero-order valence-corrected chi connectivity index (χ0v) is 28.5. The zero-order valence-electron chi connectivity index (χ0n) is 28.5. The van der Waals surface area contributed by atoms with E-state index in [9.17, 15) is 0 Å². The maximum absolute atomic E-state index is 2.43. The second kappa shape index (κ2) is 12.5. The molecule has 52 heavy (non-hydrogen) atoms. The molecule has 0 aliphatic rings. The average Bonchev–Trinajstić information content (AvgIpc) is 3.57. The summed E-state index contributed by atoms with van der Waals surface area (Å²) < 4.78 is 2.43. The van der Waals surface area contributed by atoms with Crippen molar-refractivity contribution >= 4 is 60.4 Å². The average molecular weight is 663 g/mol. The molecule has 0 amide bonds. The summed E-state index contributed by atoms with van der Waals surface area (Å²) in [6.07, 6.45) is 0. The van der Waals surface area contributed by atoms with Crippen LogP contribution in [0.5, 0.6) is 0 Å². The first kappa shape index (κ1) is 30.0. The molecule has 2 nitrogen and oxygen atoms in total. The molecule has 244 valence electrons. The molecule has 1 aromatic heterocycles. The van der Waals surface area contributed by atoms with E-state index < -0.39 is 0 Å². The lowest BCUT2D eigenvalue weighted by atomic mass is 9.93. The van der Waals surface area contributed by atoms with Gasteiger partial charge in [-0.1, -0.05) is 152 Å². The van der Waals surface area contributed by atoms with Gasteiger partial charge in [-0.3, -0.25) is 0 Å². The van der Waals surface area contributed by atoms with Gasteiger partial charge in [0.2, 0.25) is 0 Å². The third kappa shape index (κ3) is 4.96. The van der Waals surface area contributed by atoms with Crippen molar-refractivity contribution in [2.45, 2.75) is 0 Å². The largest absolute Gasteiger partial charge is 0.310 e. The molecule has 0 radical (unpaired) electrons. The lowest BCUT2D eigenvalue weighted by Gasteiger charge is -2.28. The Labute approximate surface area is 303 Å². The maximum Gasteiger partial charge on any atom is 0.0619 e. The van der Waals surface area contributed by atoms with Crippen molar-refractivity contribution in [2.75, 3.05) is 4.90 Å². The van der Waals surface area contributed by atoms with Crippen LogP contribution in [0.1, 0.15) is 0 Å². The van der Waals surface area contributed by atoms with E-state index in [1.54, 1.807) is 0 Å². The lowest BCUT2D eigenvalue weighted by molar-refractivity contribution is 1.18. The van der Waals surface area contributed by atoms with Crippen molar-refractivity contribution in [1.82, 2.24) is 4.57 Å². The molecule has 0 aliphatic heterocycles. The van der Waals surface area contributed by atoms with E-state index in [4.69, 9.17) is 0 Å². The summed E-state index contributed by atoms with van der Waals surface area (Å²) >= 11 is 0. The highest BCUT2D eigenvalue weighted by atomic mass is 15.1. The van der Waals surface area contributed by atoms with E-state index in [1.165, 1.54) is 65.6 Å². The number of aromatic nitrogens is 1. The minimum absolute atomic E-state index is 1.09. The van der Waals surface area contributed by atoms with Crippen LogP contribution in [0.25, 0.3) is 71.3 Å². The highest BCUT2D eigenvalue weighted by Crippen LogP contribution is 2.44. The van der Waals surface area contributed by atoms with Crippen molar-refractivity contribution in [1.29, 1.82) is 0 Å². The highest BCUT2D eigenvalue weighted by molar-refractivity contribution is 6.18. The van der Waals surface area contributed by atoms with Crippen LogP contribution in [0.15, 0.2) is 206 Å². The van der Waals surface area contributed by atoms with Crippen LogP contribution < -0.4 is 4.90 Å². The van der Waals surface area contributed by atoms with Crippen LogP contribution in [0.2, 0.25) is 0 Å². The maximum atomic E-state index is 2.43. The zero-order chi connectivity index (χ0) is 34.4. The molecule has 0 fully saturated rings. The Morgan fingerprint density at radius 2 is 0.962 bits per heavy atom. The molecule has 0 N–H and O–H groups in total. The van der Waals surface area contributed by atoms with Gasteiger partial charge >= 0.3 is 0 Å². The minimum atomic E-state index is 1.09. The predicted octanol–water partition coefficient (Wildman–Crippen LogP) is 13.9. The fourth-order valence-electron chi connectivity index (χ4n) is 7.98. The third-order valence-corrected chi connectivity index (χ3v) is 10.4. The summed E-state index contributed by atoms with van der Waals surface area (Å²) in [5.74, 6) is 0. The van der Waals surface area contributed by atoms with Gasteiger partial charge in [-0.25, -0.2) is 0 Å². The van der Waals surface area contributed by atoms with E-state index in [1.807, 2.05) is 0 Å². The molecule has 2 heteroatoms. The van der Waals surface area contributed by atoms with E-state index >= 15 is 0 Å². The Morgan fingerprint density at radius 3 is 1.75 bits per heavy atom. The Bertz CT molecular complexity index is 2880. The Morgan fingerprint density at radius 1 is 0.346 bits per heavy atom. The second-order valence-corrected chi connectivity index (χ2v) is 13.3. The molecule has 0 spiro atoms. The molecule has 0 unspecified atom stereocenters. The monoisotopic (exact) mass is 662 g/mol. The smallest absolute Gasteiger partial charge is 0.0619 e.